The van der Waals surface area contributed by atoms with Crippen LogP contribution >= 0.6 is 11.8 Å². The first-order chi connectivity index (χ1) is 11.7. The molecule has 0 aliphatic carbocycles. The highest BCUT2D eigenvalue weighted by Crippen LogP contribution is 2.13. The number of imidazole rings is 1. The average Bonchev–Trinajstić information content (AvgIpc) is 2.97. The quantitative estimate of drug-likeness (QED) is 0.718. The van der Waals surface area contributed by atoms with E-state index in [2.05, 4.69) is 28.4 Å². The molecule has 6 heteroatoms. The molecule has 0 saturated heterocycles. The number of hydrogen-bond acceptors (Lipinski definition) is 4. The molecule has 0 saturated carbocycles. The van der Waals surface area contributed by atoms with E-state index >= 15 is 0 Å². The van der Waals surface area contributed by atoms with Gasteiger partial charge in [-0.25, -0.2) is 4.98 Å². The van der Waals surface area contributed by atoms with Gasteiger partial charge in [0.25, 0.3) is 0 Å². The van der Waals surface area contributed by atoms with Crippen molar-refractivity contribution in [3.63, 3.8) is 0 Å². The van der Waals surface area contributed by atoms with Gasteiger partial charge in [0.1, 0.15) is 5.65 Å². The zero-order chi connectivity index (χ0) is 16.8. The minimum absolute atomic E-state index is 0.0514. The van der Waals surface area contributed by atoms with Crippen molar-refractivity contribution in [2.45, 2.75) is 19.1 Å². The maximum Gasteiger partial charge on any atom is 0.230 e. The van der Waals surface area contributed by atoms with Crippen molar-refractivity contribution < 1.29 is 4.79 Å². The molecule has 0 aromatic carbocycles. The Hall–Kier alpha value is -2.34. The molecule has 0 atom stereocenters. The Bertz CT molecular complexity index is 816. The molecule has 3 aromatic heterocycles. The lowest BCUT2D eigenvalue weighted by molar-refractivity contribution is -0.118. The van der Waals surface area contributed by atoms with E-state index in [1.807, 2.05) is 40.9 Å². The highest BCUT2D eigenvalue weighted by atomic mass is 32.2. The van der Waals surface area contributed by atoms with Crippen molar-refractivity contribution >= 4 is 23.3 Å². The number of pyridine rings is 2. The monoisotopic (exact) mass is 340 g/mol. The van der Waals surface area contributed by atoms with Crippen molar-refractivity contribution in [1.82, 2.24) is 19.7 Å². The Morgan fingerprint density at radius 3 is 2.96 bits per heavy atom. The number of nitrogens with one attached hydrogen (secondary N) is 1. The topological polar surface area (TPSA) is 59.3 Å². The Balaban J connectivity index is 1.39. The number of aromatic nitrogens is 3. The summed E-state index contributed by atoms with van der Waals surface area (Å²) in [5, 5.41) is 2.93. The van der Waals surface area contributed by atoms with Gasteiger partial charge in [0.2, 0.25) is 5.91 Å². The van der Waals surface area contributed by atoms with E-state index < -0.39 is 0 Å². The van der Waals surface area contributed by atoms with E-state index in [1.165, 1.54) is 5.56 Å². The molecular formula is C18H20N4OS. The summed E-state index contributed by atoms with van der Waals surface area (Å²) in [4.78, 5) is 20.7. The molecule has 24 heavy (non-hydrogen) atoms. The number of hydrogen-bond donors (Lipinski definition) is 1. The summed E-state index contributed by atoms with van der Waals surface area (Å²) in [5.74, 6) is 1.22. The van der Waals surface area contributed by atoms with Gasteiger partial charge in [-0.15, -0.1) is 11.8 Å². The summed E-state index contributed by atoms with van der Waals surface area (Å²) in [6.07, 6.45) is 6.60. The zero-order valence-corrected chi connectivity index (χ0v) is 14.4. The fourth-order valence-electron chi connectivity index (χ4n) is 2.40. The number of amides is 1. The minimum Gasteiger partial charge on any atom is -0.355 e. The second-order valence-electron chi connectivity index (χ2n) is 5.62. The van der Waals surface area contributed by atoms with Crippen molar-refractivity contribution in [1.29, 1.82) is 0 Å². The van der Waals surface area contributed by atoms with Crippen molar-refractivity contribution in [3.05, 3.63) is 65.9 Å². The number of nitrogens with zero attached hydrogens (tertiary/aromatic N) is 3. The van der Waals surface area contributed by atoms with Crippen LogP contribution in [-0.2, 0) is 17.0 Å². The van der Waals surface area contributed by atoms with Gasteiger partial charge in [0, 0.05) is 43.0 Å². The smallest absolute Gasteiger partial charge is 0.230 e. The van der Waals surface area contributed by atoms with Crippen LogP contribution < -0.4 is 5.32 Å². The molecule has 0 aliphatic heterocycles. The number of carbonyl (C=O) groups excluding carboxylic acids is 1. The highest BCUT2D eigenvalue weighted by molar-refractivity contribution is 7.99. The molecule has 3 heterocycles. The van der Waals surface area contributed by atoms with Gasteiger partial charge in [-0.3, -0.25) is 9.78 Å². The van der Waals surface area contributed by atoms with E-state index in [-0.39, 0.29) is 5.91 Å². The second-order valence-corrected chi connectivity index (χ2v) is 6.60. The molecule has 3 rings (SSSR count). The second kappa shape index (κ2) is 7.97. The van der Waals surface area contributed by atoms with Crippen LogP contribution in [0, 0.1) is 6.92 Å². The van der Waals surface area contributed by atoms with Gasteiger partial charge in [-0.1, -0.05) is 12.1 Å². The van der Waals surface area contributed by atoms with E-state index in [4.69, 9.17) is 0 Å². The lowest BCUT2D eigenvalue weighted by Gasteiger charge is -2.04. The molecule has 0 fully saturated rings. The molecule has 1 N–H and O–H groups in total. The zero-order valence-electron chi connectivity index (χ0n) is 13.6. The summed E-state index contributed by atoms with van der Waals surface area (Å²) in [6, 6.07) is 9.86. The molecule has 0 bridgehead atoms. The van der Waals surface area contributed by atoms with Crippen LogP contribution in [0.4, 0.5) is 0 Å². The Morgan fingerprint density at radius 1 is 1.21 bits per heavy atom. The maximum absolute atomic E-state index is 11.9. The lowest BCUT2D eigenvalue weighted by Crippen LogP contribution is -2.27. The van der Waals surface area contributed by atoms with Crippen LogP contribution in [0.2, 0.25) is 0 Å². The molecule has 0 spiro atoms. The van der Waals surface area contributed by atoms with E-state index in [0.29, 0.717) is 12.3 Å². The third-order valence-electron chi connectivity index (χ3n) is 3.56. The summed E-state index contributed by atoms with van der Waals surface area (Å²) < 4.78 is 2.03. The molecular weight excluding hydrogens is 320 g/mol. The number of carbonyl (C=O) groups is 1. The number of aryl methyl sites for hydroxylation is 1. The molecule has 5 nitrogen and oxygen atoms in total. The predicted octanol–water partition coefficient (Wildman–Crippen LogP) is 2.63. The SMILES string of the molecule is Cc1ccc2nc(CSCC(=O)NCCc3ccccn3)cn2c1. The highest BCUT2D eigenvalue weighted by Gasteiger charge is 2.05. The summed E-state index contributed by atoms with van der Waals surface area (Å²) in [5.41, 5.74) is 4.12. The first-order valence-electron chi connectivity index (χ1n) is 7.89. The normalized spacial score (nSPS) is 10.9. The molecule has 0 aliphatic rings. The van der Waals surface area contributed by atoms with Gasteiger partial charge in [0.05, 0.1) is 11.4 Å². The van der Waals surface area contributed by atoms with Gasteiger partial charge < -0.3 is 9.72 Å². The van der Waals surface area contributed by atoms with Crippen molar-refractivity contribution in [2.24, 2.45) is 0 Å². The van der Waals surface area contributed by atoms with Gasteiger partial charge in [-0.05, 0) is 30.7 Å². The summed E-state index contributed by atoms with van der Waals surface area (Å²) >= 11 is 1.58. The molecule has 0 radical (unpaired) electrons. The third-order valence-corrected chi connectivity index (χ3v) is 4.53. The summed E-state index contributed by atoms with van der Waals surface area (Å²) in [6.45, 7) is 2.67. The standard InChI is InChI=1S/C18H20N4OS/c1-14-5-6-17-21-16(11-22(17)10-14)12-24-13-18(23)20-9-7-15-4-2-3-8-19-15/h2-6,8,10-11H,7,9,12-13H2,1H3,(H,20,23). The first-order valence-corrected chi connectivity index (χ1v) is 9.05. The number of rotatable bonds is 7. The molecule has 124 valence electrons. The van der Waals surface area contributed by atoms with Gasteiger partial charge in [-0.2, -0.15) is 0 Å². The fourth-order valence-corrected chi connectivity index (χ4v) is 3.14. The Labute approximate surface area is 145 Å². The molecule has 0 unspecified atom stereocenters. The van der Waals surface area contributed by atoms with Crippen LogP contribution in [0.25, 0.3) is 5.65 Å². The van der Waals surface area contributed by atoms with E-state index in [9.17, 15) is 4.79 Å². The minimum atomic E-state index is 0.0514. The van der Waals surface area contributed by atoms with Crippen molar-refractivity contribution in [3.8, 4) is 0 Å². The lowest BCUT2D eigenvalue weighted by atomic mass is 10.3. The third kappa shape index (κ3) is 4.58. The maximum atomic E-state index is 11.9. The molecule has 3 aromatic rings. The van der Waals surface area contributed by atoms with E-state index in [0.717, 1.165) is 29.2 Å². The Morgan fingerprint density at radius 2 is 2.12 bits per heavy atom. The number of fused-ring (bicyclic) bond motifs is 1. The van der Waals surface area contributed by atoms with Gasteiger partial charge in [0.15, 0.2) is 0 Å². The number of thioether (sulfide) groups is 1. The predicted molar refractivity (Wildman–Crippen MR) is 97.0 cm³/mol. The Kier molecular flexibility index (Phi) is 5.48. The van der Waals surface area contributed by atoms with Crippen LogP contribution in [-0.4, -0.2) is 32.6 Å². The van der Waals surface area contributed by atoms with Crippen LogP contribution in [0.15, 0.2) is 48.9 Å². The van der Waals surface area contributed by atoms with Crippen LogP contribution in [0.1, 0.15) is 17.0 Å². The van der Waals surface area contributed by atoms with Crippen LogP contribution in [0.5, 0.6) is 0 Å². The van der Waals surface area contributed by atoms with Crippen LogP contribution in [0.3, 0.4) is 0 Å². The van der Waals surface area contributed by atoms with Gasteiger partial charge >= 0.3 is 0 Å². The summed E-state index contributed by atoms with van der Waals surface area (Å²) in [7, 11) is 0. The first kappa shape index (κ1) is 16.5. The average molecular weight is 340 g/mol. The fraction of sp³-hybridized carbons (Fsp3) is 0.278. The molecule has 1 amide bonds. The van der Waals surface area contributed by atoms with Crippen molar-refractivity contribution in [2.75, 3.05) is 12.3 Å². The van der Waals surface area contributed by atoms with E-state index in [1.54, 1.807) is 18.0 Å². The largest absolute Gasteiger partial charge is 0.355 e.